The zero-order valence-corrected chi connectivity index (χ0v) is 16.2. The smallest absolute Gasteiger partial charge is 0.330 e. The minimum Gasteiger partial charge on any atom is -0.368 e. The van der Waals surface area contributed by atoms with Gasteiger partial charge >= 0.3 is 5.69 Å². The van der Waals surface area contributed by atoms with E-state index in [1.807, 2.05) is 31.3 Å². The molecule has 0 unspecified atom stereocenters. The van der Waals surface area contributed by atoms with Crippen molar-refractivity contribution < 1.29 is 0 Å². The maximum Gasteiger partial charge on any atom is 0.330 e. The van der Waals surface area contributed by atoms with Crippen LogP contribution in [0.1, 0.15) is 18.4 Å². The average Bonchev–Trinajstić information content (AvgIpc) is 2.99. The topological polar surface area (TPSA) is 59.5 Å². The van der Waals surface area contributed by atoms with Gasteiger partial charge in [0.15, 0.2) is 11.3 Å². The first-order valence-corrected chi connectivity index (χ1v) is 9.56. The normalized spacial score (nSPS) is 17.0. The van der Waals surface area contributed by atoms with Gasteiger partial charge in [-0.3, -0.25) is 9.13 Å². The van der Waals surface area contributed by atoms with Gasteiger partial charge in [0.1, 0.15) is 5.52 Å². The molecule has 7 heteroatoms. The average molecular weight is 376 g/mol. The molecule has 28 heavy (non-hydrogen) atoms. The molecular weight excluding hydrogens is 352 g/mol. The Kier molecular flexibility index (Phi) is 4.88. The molecule has 144 valence electrons. The summed E-state index contributed by atoms with van der Waals surface area (Å²) in [7, 11) is 3.75. The van der Waals surface area contributed by atoms with E-state index in [0.29, 0.717) is 23.9 Å². The molecule has 0 radical (unpaired) electrons. The number of aryl methyl sites for hydroxylation is 1. The third kappa shape index (κ3) is 3.06. The SMILES string of the molecule is [C-]#[N+]c1ccccc1Cn1c(=O)n(C)c2nccc(N3CCC[C@@H](NC)C3)c21. The van der Waals surface area contributed by atoms with Gasteiger partial charge in [-0.15, -0.1) is 0 Å². The van der Waals surface area contributed by atoms with E-state index in [1.165, 1.54) is 0 Å². The minimum absolute atomic E-state index is 0.114. The molecule has 0 saturated carbocycles. The number of pyridine rings is 1. The van der Waals surface area contributed by atoms with E-state index in [-0.39, 0.29) is 5.69 Å². The van der Waals surface area contributed by atoms with Crippen LogP contribution in [0.3, 0.4) is 0 Å². The van der Waals surface area contributed by atoms with Crippen molar-refractivity contribution in [3.05, 3.63) is 64.0 Å². The maximum absolute atomic E-state index is 13.0. The van der Waals surface area contributed by atoms with Crippen LogP contribution in [0.15, 0.2) is 41.3 Å². The molecule has 1 aromatic carbocycles. The highest BCUT2D eigenvalue weighted by atomic mass is 16.1. The number of piperidine rings is 1. The quantitative estimate of drug-likeness (QED) is 0.711. The second kappa shape index (κ2) is 7.49. The molecule has 1 aliphatic rings. The van der Waals surface area contributed by atoms with Gasteiger partial charge in [0.2, 0.25) is 0 Å². The molecule has 0 aliphatic carbocycles. The number of rotatable bonds is 4. The Labute approximate surface area is 164 Å². The summed E-state index contributed by atoms with van der Waals surface area (Å²) >= 11 is 0. The molecule has 0 amide bonds. The van der Waals surface area contributed by atoms with Gasteiger partial charge in [0.25, 0.3) is 0 Å². The zero-order chi connectivity index (χ0) is 19.7. The molecule has 3 heterocycles. The summed E-state index contributed by atoms with van der Waals surface area (Å²) in [5.41, 5.74) is 3.85. The second-order valence-electron chi connectivity index (χ2n) is 7.24. The Morgan fingerprint density at radius 2 is 2.14 bits per heavy atom. The number of hydrogen-bond donors (Lipinski definition) is 1. The highest BCUT2D eigenvalue weighted by molar-refractivity contribution is 5.87. The van der Waals surface area contributed by atoms with Crippen LogP contribution in [-0.2, 0) is 13.6 Å². The van der Waals surface area contributed by atoms with E-state index in [2.05, 4.69) is 20.0 Å². The fraction of sp³-hybridized carbons (Fsp3) is 0.381. The monoisotopic (exact) mass is 376 g/mol. The largest absolute Gasteiger partial charge is 0.368 e. The fourth-order valence-electron chi connectivity index (χ4n) is 4.06. The van der Waals surface area contributed by atoms with E-state index >= 15 is 0 Å². The standard InChI is InChI=1S/C21H24N6O/c1-22-16-8-6-12-26(14-16)18-10-11-24-20-19(18)27(21(28)25(20)3)13-15-7-4-5-9-17(15)23-2/h4-5,7,9-11,16,22H,6,8,12-14H2,1,3H3/t16-/m1/s1. The Morgan fingerprint density at radius 3 is 2.93 bits per heavy atom. The number of anilines is 1. The molecule has 1 N–H and O–H groups in total. The van der Waals surface area contributed by atoms with Gasteiger partial charge in [-0.2, -0.15) is 0 Å². The van der Waals surface area contributed by atoms with Crippen molar-refractivity contribution in [1.29, 1.82) is 0 Å². The molecule has 4 rings (SSSR count). The number of fused-ring (bicyclic) bond motifs is 1. The third-order valence-corrected chi connectivity index (χ3v) is 5.60. The summed E-state index contributed by atoms with van der Waals surface area (Å²) in [6.45, 7) is 9.64. The summed E-state index contributed by atoms with van der Waals surface area (Å²) in [4.78, 5) is 23.5. The highest BCUT2D eigenvalue weighted by Gasteiger charge is 2.24. The minimum atomic E-state index is -0.114. The number of likely N-dealkylation sites (N-methyl/N-ethyl adjacent to an activating group) is 1. The van der Waals surface area contributed by atoms with Crippen LogP contribution in [-0.4, -0.2) is 40.3 Å². The molecule has 0 bridgehead atoms. The molecule has 7 nitrogen and oxygen atoms in total. The van der Waals surface area contributed by atoms with E-state index in [1.54, 1.807) is 28.4 Å². The number of benzene rings is 1. The predicted molar refractivity (Wildman–Crippen MR) is 111 cm³/mol. The molecule has 1 saturated heterocycles. The maximum atomic E-state index is 13.0. The van der Waals surface area contributed by atoms with Gasteiger partial charge in [0, 0.05) is 38.9 Å². The van der Waals surface area contributed by atoms with Crippen LogP contribution >= 0.6 is 0 Å². The number of aromatic nitrogens is 3. The highest BCUT2D eigenvalue weighted by Crippen LogP contribution is 2.29. The first-order valence-electron chi connectivity index (χ1n) is 9.56. The summed E-state index contributed by atoms with van der Waals surface area (Å²) in [5.74, 6) is 0. The first kappa shape index (κ1) is 18.3. The van der Waals surface area contributed by atoms with E-state index < -0.39 is 0 Å². The lowest BCUT2D eigenvalue weighted by Gasteiger charge is -2.34. The van der Waals surface area contributed by atoms with Gasteiger partial charge < -0.3 is 10.2 Å². The Bertz CT molecular complexity index is 1110. The van der Waals surface area contributed by atoms with Crippen LogP contribution in [0.5, 0.6) is 0 Å². The van der Waals surface area contributed by atoms with Crippen molar-refractivity contribution in [2.75, 3.05) is 25.0 Å². The molecular formula is C21H24N6O. The van der Waals surface area contributed by atoms with E-state index in [0.717, 1.165) is 42.7 Å². The van der Waals surface area contributed by atoms with Crippen LogP contribution in [0.4, 0.5) is 11.4 Å². The van der Waals surface area contributed by atoms with Gasteiger partial charge in [0.05, 0.1) is 12.3 Å². The number of hydrogen-bond acceptors (Lipinski definition) is 4. The fourth-order valence-corrected chi connectivity index (χ4v) is 4.06. The Balaban J connectivity index is 1.86. The number of imidazole rings is 1. The summed E-state index contributed by atoms with van der Waals surface area (Å²) < 4.78 is 3.35. The van der Waals surface area contributed by atoms with Crippen molar-refractivity contribution in [2.24, 2.45) is 7.05 Å². The van der Waals surface area contributed by atoms with Crippen LogP contribution < -0.4 is 15.9 Å². The molecule has 1 fully saturated rings. The van der Waals surface area contributed by atoms with Gasteiger partial charge in [-0.25, -0.2) is 14.6 Å². The van der Waals surface area contributed by atoms with Crippen LogP contribution in [0, 0.1) is 6.57 Å². The molecule has 1 atom stereocenters. The lowest BCUT2D eigenvalue weighted by Crippen LogP contribution is -2.44. The van der Waals surface area contributed by atoms with Crippen molar-refractivity contribution in [3.63, 3.8) is 0 Å². The lowest BCUT2D eigenvalue weighted by atomic mass is 10.1. The molecule has 1 aliphatic heterocycles. The van der Waals surface area contributed by atoms with Crippen molar-refractivity contribution in [1.82, 2.24) is 19.4 Å². The van der Waals surface area contributed by atoms with Crippen molar-refractivity contribution in [3.8, 4) is 0 Å². The predicted octanol–water partition coefficient (Wildman–Crippen LogP) is 2.52. The summed E-state index contributed by atoms with van der Waals surface area (Å²) in [5, 5.41) is 3.37. The number of nitrogens with zero attached hydrogens (tertiary/aromatic N) is 5. The summed E-state index contributed by atoms with van der Waals surface area (Å²) in [6, 6.07) is 9.88. The van der Waals surface area contributed by atoms with E-state index in [4.69, 9.17) is 6.57 Å². The summed E-state index contributed by atoms with van der Waals surface area (Å²) in [6.07, 6.45) is 4.03. The van der Waals surface area contributed by atoms with Crippen molar-refractivity contribution in [2.45, 2.75) is 25.4 Å². The molecule has 0 spiro atoms. The second-order valence-corrected chi connectivity index (χ2v) is 7.24. The Hall–Kier alpha value is -3.11. The van der Waals surface area contributed by atoms with E-state index in [9.17, 15) is 4.79 Å². The Morgan fingerprint density at radius 1 is 1.32 bits per heavy atom. The number of para-hydroxylation sites is 1. The zero-order valence-electron chi connectivity index (χ0n) is 16.2. The van der Waals surface area contributed by atoms with Gasteiger partial charge in [-0.1, -0.05) is 24.3 Å². The molecule has 3 aromatic rings. The number of nitrogens with one attached hydrogen (secondary N) is 1. The molecule has 2 aromatic heterocycles. The van der Waals surface area contributed by atoms with Crippen molar-refractivity contribution >= 4 is 22.5 Å². The third-order valence-electron chi connectivity index (χ3n) is 5.60. The lowest BCUT2D eigenvalue weighted by molar-refractivity contribution is 0.450. The first-order chi connectivity index (χ1) is 13.6. The van der Waals surface area contributed by atoms with Gasteiger partial charge in [-0.05, 0) is 31.5 Å². The van der Waals surface area contributed by atoms with Crippen LogP contribution in [0.25, 0.3) is 16.0 Å². The van der Waals surface area contributed by atoms with Crippen LogP contribution in [0.2, 0.25) is 0 Å².